The van der Waals surface area contributed by atoms with Crippen molar-refractivity contribution in [2.75, 3.05) is 44.2 Å². The highest BCUT2D eigenvalue weighted by Crippen LogP contribution is 2.28. The van der Waals surface area contributed by atoms with Gasteiger partial charge < -0.3 is 15.0 Å². The molecule has 2 rings (SSSR count). The van der Waals surface area contributed by atoms with Crippen LogP contribution in [-0.4, -0.2) is 56.2 Å². The third kappa shape index (κ3) is 5.13. The maximum atomic E-state index is 12.1. The summed E-state index contributed by atoms with van der Waals surface area (Å²) in [5, 5.41) is 3.08. The molecule has 1 aromatic rings. The van der Waals surface area contributed by atoms with Crippen molar-refractivity contribution in [2.24, 2.45) is 5.92 Å². The molecule has 1 saturated heterocycles. The van der Waals surface area contributed by atoms with Crippen LogP contribution in [0.3, 0.4) is 0 Å². The Hall–Kier alpha value is -1.75. The van der Waals surface area contributed by atoms with Gasteiger partial charge in [0.1, 0.15) is 5.75 Å². The number of carbonyl (C=O) groups is 1. The van der Waals surface area contributed by atoms with Gasteiger partial charge >= 0.3 is 0 Å². The van der Waals surface area contributed by atoms with E-state index in [1.165, 1.54) is 0 Å². The molecule has 1 aromatic carbocycles. The average molecular weight is 333 g/mol. The third-order valence-corrected chi connectivity index (χ3v) is 4.63. The van der Waals surface area contributed by atoms with Gasteiger partial charge in [-0.15, -0.1) is 0 Å². The average Bonchev–Trinajstić information content (AvgIpc) is 2.56. The van der Waals surface area contributed by atoms with Gasteiger partial charge in [0, 0.05) is 32.2 Å². The number of nitrogens with zero attached hydrogens (tertiary/aromatic N) is 2. The molecule has 1 aliphatic rings. The molecular weight excluding hydrogens is 302 g/mol. The summed E-state index contributed by atoms with van der Waals surface area (Å²) in [6, 6.07) is 8.40. The largest absolute Gasteiger partial charge is 0.492 e. The van der Waals surface area contributed by atoms with Gasteiger partial charge in [0.05, 0.1) is 18.8 Å². The van der Waals surface area contributed by atoms with E-state index in [0.29, 0.717) is 19.1 Å². The normalized spacial score (nSPS) is 17.0. The first kappa shape index (κ1) is 18.6. The molecule has 1 N–H and O–H groups in total. The monoisotopic (exact) mass is 333 g/mol. The van der Waals surface area contributed by atoms with E-state index >= 15 is 0 Å². The van der Waals surface area contributed by atoms with Gasteiger partial charge in [-0.05, 0) is 31.9 Å². The summed E-state index contributed by atoms with van der Waals surface area (Å²) in [5.41, 5.74) is 1.15. The molecule has 24 heavy (non-hydrogen) atoms. The summed E-state index contributed by atoms with van der Waals surface area (Å²) >= 11 is 0. The Morgan fingerprint density at radius 3 is 2.46 bits per heavy atom. The van der Waals surface area contributed by atoms with Gasteiger partial charge in [-0.25, -0.2) is 0 Å². The van der Waals surface area contributed by atoms with Crippen LogP contribution < -0.4 is 15.0 Å². The number of anilines is 1. The summed E-state index contributed by atoms with van der Waals surface area (Å²) in [4.78, 5) is 16.7. The zero-order valence-corrected chi connectivity index (χ0v) is 15.4. The molecule has 0 spiro atoms. The molecule has 0 saturated carbocycles. The summed E-state index contributed by atoms with van der Waals surface area (Å²) in [6.45, 7) is 13.1. The third-order valence-electron chi connectivity index (χ3n) is 4.63. The SMILES string of the molecule is CCOc1ccccc1N1CCN(CC(=O)N[C@@H](C)C(C)C)CC1. The second kappa shape index (κ2) is 8.92. The number of amides is 1. The summed E-state index contributed by atoms with van der Waals surface area (Å²) in [5.74, 6) is 1.53. The van der Waals surface area contributed by atoms with Gasteiger partial charge in [-0.2, -0.15) is 0 Å². The molecule has 1 heterocycles. The van der Waals surface area contributed by atoms with Crippen molar-refractivity contribution in [2.45, 2.75) is 33.7 Å². The first-order valence-electron chi connectivity index (χ1n) is 8.99. The Balaban J connectivity index is 1.84. The molecule has 5 nitrogen and oxygen atoms in total. The Kier molecular flexibility index (Phi) is 6.91. The molecule has 0 unspecified atom stereocenters. The number of hydrogen-bond donors (Lipinski definition) is 1. The van der Waals surface area contributed by atoms with E-state index in [1.54, 1.807) is 0 Å². The number of hydrogen-bond acceptors (Lipinski definition) is 4. The zero-order valence-electron chi connectivity index (χ0n) is 15.4. The Morgan fingerprint density at radius 1 is 1.17 bits per heavy atom. The van der Waals surface area contributed by atoms with Crippen molar-refractivity contribution >= 4 is 11.6 Å². The number of piperazine rings is 1. The Bertz CT molecular complexity index is 525. The second-order valence-electron chi connectivity index (χ2n) is 6.76. The van der Waals surface area contributed by atoms with E-state index in [9.17, 15) is 4.79 Å². The quantitative estimate of drug-likeness (QED) is 0.832. The number of para-hydroxylation sites is 2. The van der Waals surface area contributed by atoms with E-state index < -0.39 is 0 Å². The minimum atomic E-state index is 0.124. The standard InChI is InChI=1S/C19H31N3O2/c1-5-24-18-9-7-6-8-17(18)22-12-10-21(11-13-22)14-19(23)20-16(4)15(2)3/h6-9,15-16H,5,10-14H2,1-4H3,(H,20,23)/t16-/m0/s1. The van der Waals surface area contributed by atoms with Crippen molar-refractivity contribution < 1.29 is 9.53 Å². The highest BCUT2D eigenvalue weighted by atomic mass is 16.5. The van der Waals surface area contributed by atoms with Crippen LogP contribution in [0.15, 0.2) is 24.3 Å². The van der Waals surface area contributed by atoms with Crippen LogP contribution >= 0.6 is 0 Å². The van der Waals surface area contributed by atoms with E-state index in [1.807, 2.05) is 25.1 Å². The van der Waals surface area contributed by atoms with Crippen LogP contribution in [0, 0.1) is 5.92 Å². The molecule has 5 heteroatoms. The smallest absolute Gasteiger partial charge is 0.234 e. The van der Waals surface area contributed by atoms with Crippen molar-refractivity contribution in [1.82, 2.24) is 10.2 Å². The fourth-order valence-electron chi connectivity index (χ4n) is 2.81. The lowest BCUT2D eigenvalue weighted by atomic mass is 10.1. The number of carbonyl (C=O) groups excluding carboxylic acids is 1. The van der Waals surface area contributed by atoms with Crippen LogP contribution in [-0.2, 0) is 4.79 Å². The molecule has 134 valence electrons. The summed E-state index contributed by atoms with van der Waals surface area (Å²) < 4.78 is 5.73. The molecule has 1 amide bonds. The van der Waals surface area contributed by atoms with Crippen LogP contribution in [0.1, 0.15) is 27.7 Å². The predicted molar refractivity (Wildman–Crippen MR) is 98.7 cm³/mol. The fourth-order valence-corrected chi connectivity index (χ4v) is 2.81. The zero-order chi connectivity index (χ0) is 17.5. The minimum absolute atomic E-state index is 0.124. The van der Waals surface area contributed by atoms with Crippen molar-refractivity contribution in [3.63, 3.8) is 0 Å². The molecule has 0 radical (unpaired) electrons. The number of rotatable bonds is 7. The molecule has 0 bridgehead atoms. The maximum absolute atomic E-state index is 12.1. The van der Waals surface area contributed by atoms with E-state index in [0.717, 1.165) is 37.6 Å². The van der Waals surface area contributed by atoms with Gasteiger partial charge in [0.25, 0.3) is 0 Å². The number of benzene rings is 1. The minimum Gasteiger partial charge on any atom is -0.492 e. The van der Waals surface area contributed by atoms with Crippen LogP contribution in [0.4, 0.5) is 5.69 Å². The predicted octanol–water partition coefficient (Wildman–Crippen LogP) is 2.37. The van der Waals surface area contributed by atoms with Crippen molar-refractivity contribution in [3.8, 4) is 5.75 Å². The number of ether oxygens (including phenoxy) is 1. The lowest BCUT2D eigenvalue weighted by Crippen LogP contribution is -2.50. The van der Waals surface area contributed by atoms with Crippen LogP contribution in [0.2, 0.25) is 0 Å². The van der Waals surface area contributed by atoms with E-state index in [-0.39, 0.29) is 11.9 Å². The first-order valence-corrected chi connectivity index (χ1v) is 8.99. The first-order chi connectivity index (χ1) is 11.5. The fraction of sp³-hybridized carbons (Fsp3) is 0.632. The van der Waals surface area contributed by atoms with Gasteiger partial charge in [0.2, 0.25) is 5.91 Å². The molecule has 1 aliphatic heterocycles. The van der Waals surface area contributed by atoms with Gasteiger partial charge in [-0.3, -0.25) is 9.69 Å². The molecule has 0 aromatic heterocycles. The Morgan fingerprint density at radius 2 is 1.83 bits per heavy atom. The molecular formula is C19H31N3O2. The Labute approximate surface area is 146 Å². The molecule has 1 fully saturated rings. The highest BCUT2D eigenvalue weighted by Gasteiger charge is 2.21. The summed E-state index contributed by atoms with van der Waals surface area (Å²) in [6.07, 6.45) is 0. The van der Waals surface area contributed by atoms with Gasteiger partial charge in [-0.1, -0.05) is 26.0 Å². The van der Waals surface area contributed by atoms with Crippen molar-refractivity contribution in [3.05, 3.63) is 24.3 Å². The lowest BCUT2D eigenvalue weighted by molar-refractivity contribution is -0.123. The summed E-state index contributed by atoms with van der Waals surface area (Å²) in [7, 11) is 0. The van der Waals surface area contributed by atoms with Gasteiger partial charge in [0.15, 0.2) is 0 Å². The van der Waals surface area contributed by atoms with Crippen LogP contribution in [0.25, 0.3) is 0 Å². The highest BCUT2D eigenvalue weighted by molar-refractivity contribution is 5.78. The van der Waals surface area contributed by atoms with E-state index in [4.69, 9.17) is 4.74 Å². The molecule has 0 aliphatic carbocycles. The van der Waals surface area contributed by atoms with Crippen LogP contribution in [0.5, 0.6) is 5.75 Å². The van der Waals surface area contributed by atoms with Crippen molar-refractivity contribution in [1.29, 1.82) is 0 Å². The second-order valence-corrected chi connectivity index (χ2v) is 6.76. The number of nitrogens with one attached hydrogen (secondary N) is 1. The lowest BCUT2D eigenvalue weighted by Gasteiger charge is -2.36. The molecule has 1 atom stereocenters. The topological polar surface area (TPSA) is 44.8 Å². The van der Waals surface area contributed by atoms with E-state index in [2.05, 4.69) is 42.0 Å². The maximum Gasteiger partial charge on any atom is 0.234 e.